The zero-order chi connectivity index (χ0) is 22.2. The van der Waals surface area contributed by atoms with Crippen LogP contribution in [0.1, 0.15) is 31.9 Å². The predicted octanol–water partition coefficient (Wildman–Crippen LogP) is 3.12. The lowest BCUT2D eigenvalue weighted by molar-refractivity contribution is -0.000677. The second-order valence-electron chi connectivity index (χ2n) is 9.52. The van der Waals surface area contributed by atoms with E-state index in [1.165, 1.54) is 11.1 Å². The van der Waals surface area contributed by atoms with Gasteiger partial charge in [0.15, 0.2) is 5.88 Å². The molecular weight excluding hydrogens is 388 g/mol. The monoisotopic (exact) mass is 422 g/mol. The molecule has 1 saturated heterocycles. The number of anilines is 2. The Kier molecular flexibility index (Phi) is 5.79. The maximum Gasteiger partial charge on any atom is 0.222 e. The summed E-state index contributed by atoms with van der Waals surface area (Å²) in [5.74, 6) is 1.95. The first kappa shape index (κ1) is 21.4. The number of fused-ring (bicyclic) bond motifs is 1. The van der Waals surface area contributed by atoms with Crippen LogP contribution in [0, 0.1) is 0 Å². The summed E-state index contributed by atoms with van der Waals surface area (Å²) >= 11 is 0. The smallest absolute Gasteiger partial charge is 0.222 e. The van der Waals surface area contributed by atoms with Crippen LogP contribution in [0.25, 0.3) is 11.3 Å². The Balaban J connectivity index is 1.57. The number of rotatable bonds is 4. The largest absolute Gasteiger partial charge is 0.474 e. The van der Waals surface area contributed by atoms with E-state index in [9.17, 15) is 0 Å². The van der Waals surface area contributed by atoms with E-state index >= 15 is 0 Å². The molecule has 1 aromatic heterocycles. The van der Waals surface area contributed by atoms with Crippen molar-refractivity contribution in [2.75, 3.05) is 50.4 Å². The number of nitrogens with zero attached hydrogens (tertiary/aromatic N) is 5. The molecular formula is C24H34N6O. The quantitative estimate of drug-likeness (QED) is 0.759. The molecule has 2 N–H and O–H groups in total. The van der Waals surface area contributed by atoms with E-state index in [-0.39, 0.29) is 5.60 Å². The fourth-order valence-corrected chi connectivity index (χ4v) is 4.15. The Morgan fingerprint density at radius 2 is 1.77 bits per heavy atom. The molecule has 0 radical (unpaired) electrons. The van der Waals surface area contributed by atoms with Gasteiger partial charge in [0.1, 0.15) is 11.4 Å². The Morgan fingerprint density at radius 1 is 1.03 bits per heavy atom. The zero-order valence-electron chi connectivity index (χ0n) is 19.2. The highest BCUT2D eigenvalue weighted by Crippen LogP contribution is 2.29. The lowest BCUT2D eigenvalue weighted by Crippen LogP contribution is -2.44. The van der Waals surface area contributed by atoms with Crippen molar-refractivity contribution in [1.82, 2.24) is 19.8 Å². The van der Waals surface area contributed by atoms with E-state index < -0.39 is 0 Å². The molecule has 0 unspecified atom stereocenters. The van der Waals surface area contributed by atoms with Gasteiger partial charge in [-0.3, -0.25) is 0 Å². The molecule has 31 heavy (non-hydrogen) atoms. The molecule has 1 fully saturated rings. The molecule has 2 aliphatic rings. The number of aromatic nitrogens is 2. The minimum Gasteiger partial charge on any atom is -0.474 e. The molecule has 7 nitrogen and oxygen atoms in total. The Hall–Kier alpha value is -2.80. The molecule has 7 heteroatoms. The second-order valence-corrected chi connectivity index (χ2v) is 9.52. The number of piperazine rings is 1. The van der Waals surface area contributed by atoms with E-state index in [1.807, 2.05) is 20.8 Å². The summed E-state index contributed by atoms with van der Waals surface area (Å²) in [6, 6.07) is 8.64. The summed E-state index contributed by atoms with van der Waals surface area (Å²) < 4.78 is 6.00. The highest BCUT2D eigenvalue weighted by atomic mass is 16.5. The molecule has 2 aliphatic heterocycles. The molecule has 0 bridgehead atoms. The third-order valence-electron chi connectivity index (χ3n) is 5.85. The number of nitrogen functional groups attached to an aromatic ring is 1. The fourth-order valence-electron chi connectivity index (χ4n) is 4.15. The van der Waals surface area contributed by atoms with Crippen LogP contribution in [0.4, 0.5) is 11.8 Å². The Bertz CT molecular complexity index is 959. The average molecular weight is 423 g/mol. The van der Waals surface area contributed by atoms with Crippen molar-refractivity contribution in [3.63, 3.8) is 0 Å². The number of hydrogen-bond acceptors (Lipinski definition) is 7. The molecule has 4 rings (SSSR count). The van der Waals surface area contributed by atoms with Crippen molar-refractivity contribution in [3.05, 3.63) is 47.9 Å². The van der Waals surface area contributed by atoms with Crippen molar-refractivity contribution >= 4 is 11.8 Å². The van der Waals surface area contributed by atoms with Crippen LogP contribution in [0.5, 0.6) is 0 Å². The average Bonchev–Trinajstić information content (AvgIpc) is 2.72. The second kappa shape index (κ2) is 8.38. The van der Waals surface area contributed by atoms with Crippen LogP contribution < -0.4 is 10.6 Å². The maximum atomic E-state index is 6.09. The summed E-state index contributed by atoms with van der Waals surface area (Å²) in [4.78, 5) is 15.9. The SMILES string of the molecule is C=C(OC(C)(C)C)N1CCc2ccc(-c3cc(N4CCN(C)CC4)nc(N)n3)cc2C1. The molecule has 3 heterocycles. The summed E-state index contributed by atoms with van der Waals surface area (Å²) in [6.07, 6.45) is 0.973. The van der Waals surface area contributed by atoms with E-state index in [4.69, 9.17) is 10.5 Å². The molecule has 2 aromatic rings. The standard InChI is InChI=1S/C24H34N6O/c1-17(31-24(2,3)4)30-9-8-18-6-7-19(14-20(18)16-30)21-15-22(27-23(25)26-21)29-12-10-28(5)11-13-29/h6-7,14-15H,1,8-13,16H2,2-5H3,(H2,25,26,27). The van der Waals surface area contributed by atoms with Crippen LogP contribution >= 0.6 is 0 Å². The molecule has 0 aliphatic carbocycles. The first-order valence-corrected chi connectivity index (χ1v) is 11.0. The van der Waals surface area contributed by atoms with E-state index in [1.54, 1.807) is 0 Å². The minimum absolute atomic E-state index is 0.253. The van der Waals surface area contributed by atoms with Crippen molar-refractivity contribution < 1.29 is 4.74 Å². The van der Waals surface area contributed by atoms with Crippen molar-refractivity contribution in [1.29, 1.82) is 0 Å². The van der Waals surface area contributed by atoms with Crippen LogP contribution in [0.15, 0.2) is 36.7 Å². The van der Waals surface area contributed by atoms with Gasteiger partial charge in [0.2, 0.25) is 5.95 Å². The molecule has 1 aromatic carbocycles. The van der Waals surface area contributed by atoms with E-state index in [2.05, 4.69) is 62.6 Å². The van der Waals surface area contributed by atoms with Crippen LogP contribution in [-0.4, -0.2) is 65.1 Å². The molecule has 166 valence electrons. The van der Waals surface area contributed by atoms with Crippen molar-refractivity contribution in [2.45, 2.75) is 39.3 Å². The van der Waals surface area contributed by atoms with Crippen molar-refractivity contribution in [2.24, 2.45) is 0 Å². The lowest BCUT2D eigenvalue weighted by atomic mass is 9.96. The van der Waals surface area contributed by atoms with Gasteiger partial charge in [-0.1, -0.05) is 12.1 Å². The summed E-state index contributed by atoms with van der Waals surface area (Å²) in [5.41, 5.74) is 10.4. The van der Waals surface area contributed by atoms with Gasteiger partial charge in [0.05, 0.1) is 5.69 Å². The minimum atomic E-state index is -0.253. The van der Waals surface area contributed by atoms with Gasteiger partial charge in [0.25, 0.3) is 0 Å². The lowest BCUT2D eigenvalue weighted by Gasteiger charge is -2.35. The van der Waals surface area contributed by atoms with Crippen LogP contribution in [0.2, 0.25) is 0 Å². The summed E-state index contributed by atoms with van der Waals surface area (Å²) in [7, 11) is 2.15. The van der Waals surface area contributed by atoms with Gasteiger partial charge in [0, 0.05) is 50.9 Å². The van der Waals surface area contributed by atoms with Gasteiger partial charge in [-0.05, 0) is 58.0 Å². The molecule has 0 spiro atoms. The van der Waals surface area contributed by atoms with Gasteiger partial charge in [-0.15, -0.1) is 0 Å². The first-order valence-electron chi connectivity index (χ1n) is 11.0. The molecule has 0 atom stereocenters. The summed E-state index contributed by atoms with van der Waals surface area (Å²) in [6.45, 7) is 15.9. The topological polar surface area (TPSA) is 70.8 Å². The number of benzene rings is 1. The number of nitrogens with two attached hydrogens (primary N) is 1. The van der Waals surface area contributed by atoms with Gasteiger partial charge < -0.3 is 25.2 Å². The zero-order valence-corrected chi connectivity index (χ0v) is 19.2. The third kappa shape index (κ3) is 5.10. The first-order chi connectivity index (χ1) is 14.7. The predicted molar refractivity (Wildman–Crippen MR) is 126 cm³/mol. The van der Waals surface area contributed by atoms with E-state index in [0.29, 0.717) is 5.95 Å². The fraction of sp³-hybridized carbons (Fsp3) is 0.500. The van der Waals surface area contributed by atoms with Crippen LogP contribution in [-0.2, 0) is 17.7 Å². The van der Waals surface area contributed by atoms with Crippen LogP contribution in [0.3, 0.4) is 0 Å². The normalized spacial score (nSPS) is 17.4. The Labute approximate surface area is 185 Å². The third-order valence-corrected chi connectivity index (χ3v) is 5.85. The number of hydrogen-bond donors (Lipinski definition) is 1. The van der Waals surface area contributed by atoms with Gasteiger partial charge in [-0.2, -0.15) is 4.98 Å². The number of ether oxygens (including phenoxy) is 1. The summed E-state index contributed by atoms with van der Waals surface area (Å²) in [5, 5.41) is 0. The van der Waals surface area contributed by atoms with Crippen molar-refractivity contribution in [3.8, 4) is 11.3 Å². The number of likely N-dealkylation sites (N-methyl/N-ethyl adjacent to an activating group) is 1. The Morgan fingerprint density at radius 3 is 2.48 bits per heavy atom. The maximum absolute atomic E-state index is 6.09. The molecule has 0 amide bonds. The van der Waals surface area contributed by atoms with Gasteiger partial charge >= 0.3 is 0 Å². The van der Waals surface area contributed by atoms with E-state index in [0.717, 1.165) is 68.6 Å². The van der Waals surface area contributed by atoms with Gasteiger partial charge in [-0.25, -0.2) is 4.98 Å². The highest BCUT2D eigenvalue weighted by Gasteiger charge is 2.23. The highest BCUT2D eigenvalue weighted by molar-refractivity contribution is 5.66. The molecule has 0 saturated carbocycles.